The van der Waals surface area contributed by atoms with Crippen molar-refractivity contribution in [2.24, 2.45) is 0 Å². The lowest BCUT2D eigenvalue weighted by Crippen LogP contribution is -2.04. The Balaban J connectivity index is 2.50. The molecule has 0 aliphatic heterocycles. The van der Waals surface area contributed by atoms with E-state index < -0.39 is 23.9 Å². The Morgan fingerprint density at radius 3 is 2.44 bits per heavy atom. The highest BCUT2D eigenvalue weighted by Gasteiger charge is 2.38. The quantitative estimate of drug-likeness (QED) is 0.895. The molecule has 0 saturated carbocycles. The van der Waals surface area contributed by atoms with Gasteiger partial charge in [0.25, 0.3) is 0 Å². The topological polar surface area (TPSA) is 76.2 Å². The molecule has 0 spiro atoms. The Labute approximate surface area is 97.9 Å². The molecule has 0 atom stereocenters. The Morgan fingerprint density at radius 1 is 1.22 bits per heavy atom. The number of rotatable bonds is 2. The molecule has 0 aliphatic carbocycles. The van der Waals surface area contributed by atoms with Crippen LogP contribution in [-0.4, -0.2) is 21.3 Å². The number of nitrogens with zero attached hydrogens (tertiary/aromatic N) is 2. The zero-order valence-corrected chi connectivity index (χ0v) is 8.60. The predicted octanol–water partition coefficient (Wildman–Crippen LogP) is 2.45. The molecule has 2 rings (SSSR count). The summed E-state index contributed by atoms with van der Waals surface area (Å²) in [6.07, 6.45) is -4.76. The third kappa shape index (κ3) is 2.17. The van der Waals surface area contributed by atoms with Gasteiger partial charge in [-0.25, -0.2) is 4.79 Å². The highest BCUT2D eigenvalue weighted by atomic mass is 19.4. The molecule has 0 aliphatic rings. The van der Waals surface area contributed by atoms with Gasteiger partial charge < -0.3 is 9.52 Å². The molecule has 0 fully saturated rings. The lowest BCUT2D eigenvalue weighted by atomic mass is 10.1. The molecule has 1 heterocycles. The van der Waals surface area contributed by atoms with Crippen molar-refractivity contribution in [1.29, 1.82) is 0 Å². The monoisotopic (exact) mass is 258 g/mol. The minimum absolute atomic E-state index is 0.0620. The summed E-state index contributed by atoms with van der Waals surface area (Å²) in [5.74, 6) is -3.30. The molecule has 0 bridgehead atoms. The number of alkyl halides is 3. The summed E-state index contributed by atoms with van der Waals surface area (Å²) in [6, 6.07) is 5.42. The molecule has 1 aromatic carbocycles. The highest BCUT2D eigenvalue weighted by molar-refractivity contribution is 5.94. The summed E-state index contributed by atoms with van der Waals surface area (Å²) in [5, 5.41) is 14.9. The van der Waals surface area contributed by atoms with Crippen LogP contribution in [0.5, 0.6) is 0 Å². The first-order valence-electron chi connectivity index (χ1n) is 4.63. The number of carbonyl (C=O) groups is 1. The zero-order chi connectivity index (χ0) is 13.3. The van der Waals surface area contributed by atoms with E-state index in [1.54, 1.807) is 0 Å². The Bertz CT molecular complexity index is 592. The number of hydrogen-bond donors (Lipinski definition) is 1. The average Bonchev–Trinajstić information content (AvgIpc) is 2.77. The van der Waals surface area contributed by atoms with Crippen LogP contribution in [0.1, 0.15) is 16.2 Å². The van der Waals surface area contributed by atoms with Gasteiger partial charge in [0.2, 0.25) is 5.89 Å². The van der Waals surface area contributed by atoms with Gasteiger partial charge in [-0.2, -0.15) is 13.2 Å². The fraction of sp³-hybridized carbons (Fsp3) is 0.100. The minimum atomic E-state index is -4.76. The molecule has 94 valence electrons. The SMILES string of the molecule is O=C(O)c1ccccc1-c1nnc(C(F)(F)F)o1. The van der Waals surface area contributed by atoms with Crippen LogP contribution < -0.4 is 0 Å². The first-order chi connectivity index (χ1) is 8.39. The summed E-state index contributed by atoms with van der Waals surface area (Å²) in [7, 11) is 0. The summed E-state index contributed by atoms with van der Waals surface area (Å²) < 4.78 is 41.2. The van der Waals surface area contributed by atoms with Crippen LogP contribution in [0.4, 0.5) is 13.2 Å². The Morgan fingerprint density at radius 2 is 1.89 bits per heavy atom. The lowest BCUT2D eigenvalue weighted by molar-refractivity contribution is -0.156. The second-order valence-corrected chi connectivity index (χ2v) is 3.26. The second-order valence-electron chi connectivity index (χ2n) is 3.26. The van der Waals surface area contributed by atoms with Gasteiger partial charge in [-0.05, 0) is 12.1 Å². The summed E-state index contributed by atoms with van der Waals surface area (Å²) in [6.45, 7) is 0. The van der Waals surface area contributed by atoms with Gasteiger partial charge in [-0.3, -0.25) is 0 Å². The first kappa shape index (κ1) is 12.1. The number of carboxylic acids is 1. The molecule has 0 unspecified atom stereocenters. The maximum atomic E-state index is 12.3. The van der Waals surface area contributed by atoms with Gasteiger partial charge in [0, 0.05) is 0 Å². The average molecular weight is 258 g/mol. The van der Waals surface area contributed by atoms with E-state index in [1.807, 2.05) is 0 Å². The minimum Gasteiger partial charge on any atom is -0.478 e. The van der Waals surface area contributed by atoms with Crippen molar-refractivity contribution in [2.45, 2.75) is 6.18 Å². The molecular weight excluding hydrogens is 253 g/mol. The van der Waals surface area contributed by atoms with Crippen LogP contribution in [0.3, 0.4) is 0 Å². The van der Waals surface area contributed by atoms with E-state index in [1.165, 1.54) is 24.3 Å². The third-order valence-corrected chi connectivity index (χ3v) is 2.06. The molecule has 0 saturated heterocycles. The van der Waals surface area contributed by atoms with Crippen LogP contribution >= 0.6 is 0 Å². The van der Waals surface area contributed by atoms with Gasteiger partial charge >= 0.3 is 18.0 Å². The van der Waals surface area contributed by atoms with Crippen molar-refractivity contribution in [2.75, 3.05) is 0 Å². The molecule has 2 aromatic rings. The van der Waals surface area contributed by atoms with E-state index in [9.17, 15) is 18.0 Å². The van der Waals surface area contributed by atoms with Gasteiger partial charge in [0.15, 0.2) is 0 Å². The number of aromatic nitrogens is 2. The molecule has 1 N–H and O–H groups in total. The number of aromatic carboxylic acids is 1. The summed E-state index contributed by atoms with van der Waals surface area (Å²) in [4.78, 5) is 10.9. The van der Waals surface area contributed by atoms with Crippen LogP contribution in [0.15, 0.2) is 28.7 Å². The maximum Gasteiger partial charge on any atom is 0.470 e. The van der Waals surface area contributed by atoms with Crippen molar-refractivity contribution in [3.05, 3.63) is 35.7 Å². The summed E-state index contributed by atoms with van der Waals surface area (Å²) >= 11 is 0. The van der Waals surface area contributed by atoms with Crippen molar-refractivity contribution in [1.82, 2.24) is 10.2 Å². The molecular formula is C10H5F3N2O3. The predicted molar refractivity (Wildman–Crippen MR) is 51.7 cm³/mol. The van der Waals surface area contributed by atoms with E-state index >= 15 is 0 Å². The maximum absolute atomic E-state index is 12.3. The molecule has 18 heavy (non-hydrogen) atoms. The molecule has 0 radical (unpaired) electrons. The Hall–Kier alpha value is -2.38. The third-order valence-electron chi connectivity index (χ3n) is 2.06. The zero-order valence-electron chi connectivity index (χ0n) is 8.60. The van der Waals surface area contributed by atoms with E-state index in [-0.39, 0.29) is 11.1 Å². The number of halogens is 3. The van der Waals surface area contributed by atoms with Crippen LogP contribution in [0.25, 0.3) is 11.5 Å². The van der Waals surface area contributed by atoms with Gasteiger partial charge in [0.1, 0.15) is 0 Å². The number of hydrogen-bond acceptors (Lipinski definition) is 4. The lowest BCUT2D eigenvalue weighted by Gasteiger charge is -2.01. The largest absolute Gasteiger partial charge is 0.478 e. The van der Waals surface area contributed by atoms with Crippen LogP contribution in [-0.2, 0) is 6.18 Å². The van der Waals surface area contributed by atoms with E-state index in [0.29, 0.717) is 0 Å². The number of carboxylic acid groups (broad SMARTS) is 1. The first-order valence-corrected chi connectivity index (χ1v) is 4.63. The standard InChI is InChI=1S/C10H5F3N2O3/c11-10(12,13)9-15-14-7(18-9)5-3-1-2-4-6(5)8(16)17/h1-4H,(H,16,17). The van der Waals surface area contributed by atoms with Gasteiger partial charge in [-0.15, -0.1) is 10.2 Å². The Kier molecular flexibility index (Phi) is 2.77. The van der Waals surface area contributed by atoms with Gasteiger partial charge in [-0.1, -0.05) is 12.1 Å². The normalized spacial score (nSPS) is 11.5. The van der Waals surface area contributed by atoms with Crippen molar-refractivity contribution < 1.29 is 27.5 Å². The summed E-state index contributed by atoms with van der Waals surface area (Å²) in [5.41, 5.74) is -0.275. The molecule has 0 amide bonds. The van der Waals surface area contributed by atoms with Crippen LogP contribution in [0.2, 0.25) is 0 Å². The van der Waals surface area contributed by atoms with E-state index in [2.05, 4.69) is 14.6 Å². The van der Waals surface area contributed by atoms with Crippen molar-refractivity contribution in [3.63, 3.8) is 0 Å². The smallest absolute Gasteiger partial charge is 0.470 e. The van der Waals surface area contributed by atoms with Crippen molar-refractivity contribution in [3.8, 4) is 11.5 Å². The molecule has 5 nitrogen and oxygen atoms in total. The fourth-order valence-corrected chi connectivity index (χ4v) is 1.30. The van der Waals surface area contributed by atoms with Crippen LogP contribution in [0, 0.1) is 0 Å². The van der Waals surface area contributed by atoms with Crippen molar-refractivity contribution >= 4 is 5.97 Å². The highest BCUT2D eigenvalue weighted by Crippen LogP contribution is 2.31. The second kappa shape index (κ2) is 4.13. The number of benzene rings is 1. The molecule has 8 heteroatoms. The van der Waals surface area contributed by atoms with E-state index in [0.717, 1.165) is 0 Å². The molecule has 1 aromatic heterocycles. The fourth-order valence-electron chi connectivity index (χ4n) is 1.30. The van der Waals surface area contributed by atoms with E-state index in [4.69, 9.17) is 5.11 Å². The van der Waals surface area contributed by atoms with Gasteiger partial charge in [0.05, 0.1) is 11.1 Å².